The van der Waals surface area contributed by atoms with Crippen LogP contribution in [-0.2, 0) is 22.4 Å². The number of benzene rings is 2. The van der Waals surface area contributed by atoms with Gasteiger partial charge < -0.3 is 29.0 Å². The summed E-state index contributed by atoms with van der Waals surface area (Å²) in [7, 11) is 1.65. The molecule has 10 nitrogen and oxygen atoms in total. The van der Waals surface area contributed by atoms with Gasteiger partial charge in [0.2, 0.25) is 0 Å². The van der Waals surface area contributed by atoms with Crippen molar-refractivity contribution in [2.75, 3.05) is 45.4 Å². The highest BCUT2D eigenvalue weighted by molar-refractivity contribution is 5.78. The second-order valence-corrected chi connectivity index (χ2v) is 10.5. The number of fused-ring (bicyclic) bond motifs is 1. The van der Waals surface area contributed by atoms with Crippen LogP contribution in [0, 0.1) is 0 Å². The van der Waals surface area contributed by atoms with Crippen LogP contribution in [0.15, 0.2) is 59.7 Å². The fourth-order valence-corrected chi connectivity index (χ4v) is 5.63. The molecule has 3 aliphatic rings. The Balaban J connectivity index is 1.27. The van der Waals surface area contributed by atoms with Crippen LogP contribution < -0.4 is 10.2 Å². The first-order chi connectivity index (χ1) is 19.5. The Hall–Kier alpha value is -3.41. The zero-order valence-corrected chi connectivity index (χ0v) is 22.9. The third-order valence-electron chi connectivity index (χ3n) is 7.99. The van der Waals surface area contributed by atoms with Gasteiger partial charge in [-0.05, 0) is 42.7 Å². The van der Waals surface area contributed by atoms with Gasteiger partial charge in [-0.3, -0.25) is 15.3 Å². The van der Waals surface area contributed by atoms with Crippen molar-refractivity contribution >= 4 is 17.8 Å². The van der Waals surface area contributed by atoms with Crippen LogP contribution in [0.1, 0.15) is 24.3 Å². The SMILES string of the molecule is COc1ccc(-c2cn([C@@H]3O[C@H](C)[C@@H](O)[C@H]3O)c3c2CN(Nc2ccccc2CCN2CCOCC2)C=N3)cc1. The van der Waals surface area contributed by atoms with E-state index in [1.54, 1.807) is 20.4 Å². The molecule has 2 fully saturated rings. The third-order valence-corrected chi connectivity index (χ3v) is 7.99. The number of aliphatic hydroxyl groups is 2. The van der Waals surface area contributed by atoms with Crippen molar-refractivity contribution in [1.29, 1.82) is 0 Å². The summed E-state index contributed by atoms with van der Waals surface area (Å²) < 4.78 is 18.7. The smallest absolute Gasteiger partial charge is 0.164 e. The van der Waals surface area contributed by atoms with E-state index in [1.807, 2.05) is 46.1 Å². The summed E-state index contributed by atoms with van der Waals surface area (Å²) in [6, 6.07) is 16.3. The summed E-state index contributed by atoms with van der Waals surface area (Å²) in [4.78, 5) is 7.25. The number of rotatable bonds is 8. The Labute approximate surface area is 234 Å². The van der Waals surface area contributed by atoms with E-state index in [2.05, 4.69) is 28.5 Å². The molecule has 10 heteroatoms. The van der Waals surface area contributed by atoms with Gasteiger partial charge in [0, 0.05) is 37.0 Å². The molecule has 6 rings (SSSR count). The number of morpholine rings is 1. The van der Waals surface area contributed by atoms with Gasteiger partial charge in [0.1, 0.15) is 30.1 Å². The second-order valence-electron chi connectivity index (χ2n) is 10.5. The number of nitrogens with zero attached hydrogens (tertiary/aromatic N) is 4. The summed E-state index contributed by atoms with van der Waals surface area (Å²) in [5.41, 5.74) is 8.83. The summed E-state index contributed by atoms with van der Waals surface area (Å²) in [6.07, 6.45) is 1.43. The number of anilines is 1. The van der Waals surface area contributed by atoms with Gasteiger partial charge in [0.05, 0.1) is 38.7 Å². The molecule has 0 amide bonds. The number of hydrogen-bond acceptors (Lipinski definition) is 9. The number of aliphatic imine (C=N–C) groups is 1. The summed E-state index contributed by atoms with van der Waals surface area (Å²) in [5.74, 6) is 1.48. The molecule has 1 aromatic heterocycles. The van der Waals surface area contributed by atoms with E-state index in [-0.39, 0.29) is 0 Å². The van der Waals surface area contributed by atoms with E-state index < -0.39 is 24.5 Å². The minimum Gasteiger partial charge on any atom is -0.497 e. The highest BCUT2D eigenvalue weighted by atomic mass is 16.6. The lowest BCUT2D eigenvalue weighted by molar-refractivity contribution is -0.0308. The summed E-state index contributed by atoms with van der Waals surface area (Å²) in [6.45, 7) is 6.83. The van der Waals surface area contributed by atoms with Crippen molar-refractivity contribution in [2.45, 2.75) is 44.4 Å². The van der Waals surface area contributed by atoms with E-state index in [0.717, 1.165) is 67.4 Å². The van der Waals surface area contributed by atoms with E-state index >= 15 is 0 Å². The van der Waals surface area contributed by atoms with Gasteiger partial charge >= 0.3 is 0 Å². The van der Waals surface area contributed by atoms with Crippen LogP contribution in [0.2, 0.25) is 0 Å². The van der Waals surface area contributed by atoms with Gasteiger partial charge in [-0.1, -0.05) is 30.3 Å². The fraction of sp³-hybridized carbons (Fsp3) is 0.433. The van der Waals surface area contributed by atoms with Crippen LogP contribution in [0.4, 0.5) is 11.5 Å². The average Bonchev–Trinajstić information content (AvgIpc) is 3.49. The number of ether oxygens (including phenoxy) is 3. The number of methoxy groups -OCH3 is 1. The molecular formula is C30H37N5O5. The monoisotopic (exact) mass is 547 g/mol. The van der Waals surface area contributed by atoms with E-state index in [9.17, 15) is 10.2 Å². The van der Waals surface area contributed by atoms with E-state index in [0.29, 0.717) is 12.4 Å². The Morgan fingerprint density at radius 2 is 1.82 bits per heavy atom. The Morgan fingerprint density at radius 3 is 2.55 bits per heavy atom. The van der Waals surface area contributed by atoms with Gasteiger partial charge in [0.25, 0.3) is 0 Å². The normalized spacial score (nSPS) is 24.8. The van der Waals surface area contributed by atoms with Crippen molar-refractivity contribution in [3.63, 3.8) is 0 Å². The fourth-order valence-electron chi connectivity index (χ4n) is 5.63. The molecule has 0 bridgehead atoms. The van der Waals surface area contributed by atoms with Crippen LogP contribution in [-0.4, -0.2) is 89.3 Å². The number of hydrazine groups is 1. The molecule has 0 aliphatic carbocycles. The maximum absolute atomic E-state index is 10.8. The van der Waals surface area contributed by atoms with Crippen molar-refractivity contribution < 1.29 is 24.4 Å². The molecule has 0 unspecified atom stereocenters. The molecule has 0 radical (unpaired) electrons. The Kier molecular flexibility index (Phi) is 7.77. The molecule has 3 aliphatic heterocycles. The van der Waals surface area contributed by atoms with Crippen molar-refractivity contribution in [3.8, 4) is 16.9 Å². The molecule has 0 spiro atoms. The standard InChI is InChI=1S/C30H37N5O5/c1-20-27(36)28(37)30(40-20)35-18-24(21-7-9-23(38-2)10-8-21)25-17-34(19-31-29(25)35)32-26-6-4-3-5-22(26)11-12-33-13-15-39-16-14-33/h3-10,18-20,27-28,30,32,36-37H,11-17H2,1-2H3/t20-,27-,28-,30-/m1/s1. The second kappa shape index (κ2) is 11.6. The molecule has 3 N–H and O–H groups in total. The first kappa shape index (κ1) is 26.8. The Morgan fingerprint density at radius 1 is 1.05 bits per heavy atom. The molecule has 4 atom stereocenters. The maximum atomic E-state index is 10.8. The number of nitrogens with one attached hydrogen (secondary N) is 1. The number of aromatic nitrogens is 1. The van der Waals surface area contributed by atoms with Crippen LogP contribution in [0.25, 0.3) is 11.1 Å². The molecular weight excluding hydrogens is 510 g/mol. The highest BCUT2D eigenvalue weighted by Crippen LogP contribution is 2.42. The number of aliphatic hydroxyl groups excluding tert-OH is 2. The van der Waals surface area contributed by atoms with E-state index in [4.69, 9.17) is 19.2 Å². The largest absolute Gasteiger partial charge is 0.497 e. The van der Waals surface area contributed by atoms with Gasteiger partial charge in [-0.15, -0.1) is 0 Å². The van der Waals surface area contributed by atoms with Crippen LogP contribution in [0.5, 0.6) is 5.75 Å². The molecule has 0 saturated carbocycles. The molecule has 2 aromatic carbocycles. The lowest BCUT2D eigenvalue weighted by atomic mass is 10.0. The summed E-state index contributed by atoms with van der Waals surface area (Å²) in [5, 5.41) is 23.1. The van der Waals surface area contributed by atoms with Crippen LogP contribution >= 0.6 is 0 Å². The van der Waals surface area contributed by atoms with Gasteiger partial charge in [0.15, 0.2) is 6.23 Å². The zero-order valence-electron chi connectivity index (χ0n) is 22.9. The topological polar surface area (TPSA) is 104 Å². The predicted octanol–water partition coefficient (Wildman–Crippen LogP) is 3.18. The zero-order chi connectivity index (χ0) is 27.6. The molecule has 212 valence electrons. The first-order valence-electron chi connectivity index (χ1n) is 13.9. The molecule has 4 heterocycles. The van der Waals surface area contributed by atoms with Crippen molar-refractivity contribution in [1.82, 2.24) is 14.5 Å². The maximum Gasteiger partial charge on any atom is 0.164 e. The average molecular weight is 548 g/mol. The first-order valence-corrected chi connectivity index (χ1v) is 13.9. The minimum atomic E-state index is -1.06. The highest BCUT2D eigenvalue weighted by Gasteiger charge is 2.43. The third kappa shape index (κ3) is 5.33. The summed E-state index contributed by atoms with van der Waals surface area (Å²) >= 11 is 0. The lowest BCUT2D eigenvalue weighted by Crippen LogP contribution is -2.37. The van der Waals surface area contributed by atoms with Gasteiger partial charge in [-0.25, -0.2) is 4.99 Å². The molecule has 40 heavy (non-hydrogen) atoms. The lowest BCUT2D eigenvalue weighted by Gasteiger charge is -2.29. The van der Waals surface area contributed by atoms with Crippen LogP contribution in [0.3, 0.4) is 0 Å². The Bertz CT molecular complexity index is 1340. The van der Waals surface area contributed by atoms with Crippen molar-refractivity contribution in [2.24, 2.45) is 4.99 Å². The number of para-hydroxylation sites is 1. The molecule has 3 aromatic rings. The predicted molar refractivity (Wildman–Crippen MR) is 153 cm³/mol. The van der Waals surface area contributed by atoms with E-state index in [1.165, 1.54) is 5.56 Å². The minimum absolute atomic E-state index is 0.484. The van der Waals surface area contributed by atoms with Crippen molar-refractivity contribution in [3.05, 3.63) is 65.9 Å². The number of hydrogen-bond donors (Lipinski definition) is 3. The van der Waals surface area contributed by atoms with Gasteiger partial charge in [-0.2, -0.15) is 0 Å². The molecule has 2 saturated heterocycles. The quantitative estimate of drug-likeness (QED) is 0.395.